The van der Waals surface area contributed by atoms with E-state index in [2.05, 4.69) is 15.5 Å². The van der Waals surface area contributed by atoms with E-state index in [9.17, 15) is 0 Å². The Kier molecular flexibility index (Phi) is 2.80. The monoisotopic (exact) mass is 153 g/mol. The molecule has 0 spiro atoms. The number of nitrogens with zero attached hydrogens (tertiary/aromatic N) is 2. The van der Waals surface area contributed by atoms with E-state index in [1.54, 1.807) is 6.20 Å². The van der Waals surface area contributed by atoms with E-state index in [0.717, 1.165) is 5.56 Å². The summed E-state index contributed by atoms with van der Waals surface area (Å²) in [5.41, 5.74) is 1.06. The van der Waals surface area contributed by atoms with Gasteiger partial charge in [-0.05, 0) is 18.6 Å². The largest absolute Gasteiger partial charge is 0.395 e. The van der Waals surface area contributed by atoms with Gasteiger partial charge in [-0.15, -0.1) is 5.10 Å². The van der Waals surface area contributed by atoms with Crippen LogP contribution in [0.5, 0.6) is 0 Å². The fourth-order valence-corrected chi connectivity index (χ4v) is 0.734. The number of anilines is 1. The van der Waals surface area contributed by atoms with Crippen LogP contribution < -0.4 is 5.32 Å². The van der Waals surface area contributed by atoms with Crippen LogP contribution in [-0.4, -0.2) is 28.5 Å². The van der Waals surface area contributed by atoms with Crippen LogP contribution in [0.1, 0.15) is 5.56 Å². The maximum absolute atomic E-state index is 8.49. The zero-order valence-electron chi connectivity index (χ0n) is 6.41. The van der Waals surface area contributed by atoms with Crippen molar-refractivity contribution in [2.75, 3.05) is 18.5 Å². The third kappa shape index (κ3) is 2.51. The summed E-state index contributed by atoms with van der Waals surface area (Å²) < 4.78 is 0. The van der Waals surface area contributed by atoms with Gasteiger partial charge in [0, 0.05) is 6.54 Å². The first-order chi connectivity index (χ1) is 5.33. The Hall–Kier alpha value is -1.16. The van der Waals surface area contributed by atoms with E-state index in [-0.39, 0.29) is 6.61 Å². The first-order valence-corrected chi connectivity index (χ1v) is 3.47. The van der Waals surface area contributed by atoms with Gasteiger partial charge in [0.15, 0.2) is 0 Å². The molecular formula is C7H11N3O. The smallest absolute Gasteiger partial charge is 0.148 e. The minimum Gasteiger partial charge on any atom is -0.395 e. The maximum Gasteiger partial charge on any atom is 0.148 e. The van der Waals surface area contributed by atoms with Crippen LogP contribution in [0.15, 0.2) is 12.3 Å². The molecule has 0 aliphatic carbocycles. The van der Waals surface area contributed by atoms with Gasteiger partial charge in [0.1, 0.15) is 5.82 Å². The Morgan fingerprint density at radius 2 is 2.45 bits per heavy atom. The van der Waals surface area contributed by atoms with E-state index in [0.29, 0.717) is 12.4 Å². The summed E-state index contributed by atoms with van der Waals surface area (Å²) in [5, 5.41) is 18.9. The number of aliphatic hydroxyl groups excluding tert-OH is 1. The molecule has 0 saturated carbocycles. The van der Waals surface area contributed by atoms with Crippen LogP contribution in [0.3, 0.4) is 0 Å². The second-order valence-electron chi connectivity index (χ2n) is 2.27. The van der Waals surface area contributed by atoms with Crippen molar-refractivity contribution in [3.05, 3.63) is 17.8 Å². The molecule has 0 saturated heterocycles. The third-order valence-corrected chi connectivity index (χ3v) is 1.21. The van der Waals surface area contributed by atoms with Crippen molar-refractivity contribution in [1.82, 2.24) is 10.2 Å². The van der Waals surface area contributed by atoms with E-state index in [1.165, 1.54) is 0 Å². The lowest BCUT2D eigenvalue weighted by molar-refractivity contribution is 0.311. The molecule has 11 heavy (non-hydrogen) atoms. The molecule has 0 amide bonds. The molecule has 1 heterocycles. The Bertz CT molecular complexity index is 227. The Morgan fingerprint density at radius 3 is 3.09 bits per heavy atom. The molecule has 0 aliphatic heterocycles. The third-order valence-electron chi connectivity index (χ3n) is 1.21. The lowest BCUT2D eigenvalue weighted by atomic mass is 10.3. The molecule has 1 aromatic heterocycles. The van der Waals surface area contributed by atoms with Crippen molar-refractivity contribution in [3.8, 4) is 0 Å². The number of aromatic nitrogens is 2. The van der Waals surface area contributed by atoms with Crippen molar-refractivity contribution in [1.29, 1.82) is 0 Å². The first-order valence-electron chi connectivity index (χ1n) is 3.47. The molecule has 4 nitrogen and oxygen atoms in total. The van der Waals surface area contributed by atoms with Crippen LogP contribution in [0.25, 0.3) is 0 Å². The summed E-state index contributed by atoms with van der Waals surface area (Å²) in [6, 6.07) is 1.88. The van der Waals surface area contributed by atoms with E-state index in [4.69, 9.17) is 5.11 Å². The average molecular weight is 153 g/mol. The molecule has 1 rings (SSSR count). The summed E-state index contributed by atoms with van der Waals surface area (Å²) in [4.78, 5) is 0. The standard InChI is InChI=1S/C7H11N3O/c1-6-4-7(8-2-3-11)10-9-5-6/h4-5,11H,2-3H2,1H3,(H,8,10). The maximum atomic E-state index is 8.49. The molecule has 0 atom stereocenters. The zero-order chi connectivity index (χ0) is 8.10. The molecular weight excluding hydrogens is 142 g/mol. The van der Waals surface area contributed by atoms with Crippen LogP contribution in [-0.2, 0) is 0 Å². The van der Waals surface area contributed by atoms with Crippen LogP contribution in [0, 0.1) is 6.92 Å². The summed E-state index contributed by atoms with van der Waals surface area (Å²) in [5.74, 6) is 0.707. The normalized spacial score (nSPS) is 9.64. The van der Waals surface area contributed by atoms with Crippen molar-refractivity contribution in [2.45, 2.75) is 6.92 Å². The highest BCUT2D eigenvalue weighted by Crippen LogP contribution is 2.01. The SMILES string of the molecule is Cc1cnnc(NCCO)c1. The highest BCUT2D eigenvalue weighted by atomic mass is 16.3. The predicted octanol–water partition coefficient (Wildman–Crippen LogP) is 0.189. The molecule has 0 aliphatic rings. The second-order valence-corrected chi connectivity index (χ2v) is 2.27. The minimum absolute atomic E-state index is 0.107. The van der Waals surface area contributed by atoms with E-state index >= 15 is 0 Å². The van der Waals surface area contributed by atoms with Crippen molar-refractivity contribution >= 4 is 5.82 Å². The fraction of sp³-hybridized carbons (Fsp3) is 0.429. The van der Waals surface area contributed by atoms with Crippen LogP contribution >= 0.6 is 0 Å². The van der Waals surface area contributed by atoms with Crippen molar-refractivity contribution in [3.63, 3.8) is 0 Å². The second kappa shape index (κ2) is 3.88. The average Bonchev–Trinajstić information content (AvgIpc) is 2.01. The Morgan fingerprint density at radius 1 is 1.64 bits per heavy atom. The lowest BCUT2D eigenvalue weighted by Crippen LogP contribution is -2.07. The van der Waals surface area contributed by atoms with Gasteiger partial charge in [0.05, 0.1) is 12.8 Å². The topological polar surface area (TPSA) is 58.0 Å². The Labute approximate surface area is 65.3 Å². The first kappa shape index (κ1) is 7.94. The molecule has 0 fully saturated rings. The lowest BCUT2D eigenvalue weighted by Gasteiger charge is -2.01. The summed E-state index contributed by atoms with van der Waals surface area (Å²) in [6.07, 6.45) is 1.68. The molecule has 0 aromatic carbocycles. The molecule has 1 aromatic rings. The summed E-state index contributed by atoms with van der Waals surface area (Å²) in [7, 11) is 0. The molecule has 0 bridgehead atoms. The molecule has 4 heteroatoms. The van der Waals surface area contributed by atoms with Crippen LogP contribution in [0.4, 0.5) is 5.82 Å². The van der Waals surface area contributed by atoms with Crippen molar-refractivity contribution in [2.24, 2.45) is 0 Å². The highest BCUT2D eigenvalue weighted by Gasteiger charge is 1.91. The van der Waals surface area contributed by atoms with E-state index < -0.39 is 0 Å². The molecule has 0 unspecified atom stereocenters. The van der Waals surface area contributed by atoms with Crippen LogP contribution in [0.2, 0.25) is 0 Å². The molecule has 60 valence electrons. The number of rotatable bonds is 3. The van der Waals surface area contributed by atoms with Gasteiger partial charge >= 0.3 is 0 Å². The van der Waals surface area contributed by atoms with Gasteiger partial charge in [-0.3, -0.25) is 0 Å². The van der Waals surface area contributed by atoms with E-state index in [1.807, 2.05) is 13.0 Å². The molecule has 2 N–H and O–H groups in total. The van der Waals surface area contributed by atoms with Gasteiger partial charge in [-0.25, -0.2) is 0 Å². The predicted molar refractivity (Wildman–Crippen MR) is 42.3 cm³/mol. The number of aryl methyl sites for hydroxylation is 1. The van der Waals surface area contributed by atoms with Gasteiger partial charge in [0.2, 0.25) is 0 Å². The number of hydrogen-bond donors (Lipinski definition) is 2. The Balaban J connectivity index is 2.56. The van der Waals surface area contributed by atoms with Gasteiger partial charge in [0.25, 0.3) is 0 Å². The van der Waals surface area contributed by atoms with Crippen molar-refractivity contribution < 1.29 is 5.11 Å². The number of aliphatic hydroxyl groups is 1. The van der Waals surface area contributed by atoms with Gasteiger partial charge in [-0.2, -0.15) is 5.10 Å². The van der Waals surface area contributed by atoms with Gasteiger partial charge in [-0.1, -0.05) is 0 Å². The summed E-state index contributed by atoms with van der Waals surface area (Å²) >= 11 is 0. The highest BCUT2D eigenvalue weighted by molar-refractivity contribution is 5.34. The summed E-state index contributed by atoms with van der Waals surface area (Å²) in [6.45, 7) is 2.56. The number of hydrogen-bond acceptors (Lipinski definition) is 4. The minimum atomic E-state index is 0.107. The molecule has 0 radical (unpaired) electrons. The number of nitrogens with one attached hydrogen (secondary N) is 1. The fourth-order valence-electron chi connectivity index (χ4n) is 0.734. The zero-order valence-corrected chi connectivity index (χ0v) is 6.41. The quantitative estimate of drug-likeness (QED) is 0.650. The van der Waals surface area contributed by atoms with Gasteiger partial charge < -0.3 is 10.4 Å².